The molecule has 0 aliphatic carbocycles. The molecule has 1 aliphatic rings. The van der Waals surface area contributed by atoms with Gasteiger partial charge in [-0.15, -0.1) is 0 Å². The molecule has 2 aromatic heterocycles. The molecule has 4 aromatic rings. The highest BCUT2D eigenvalue weighted by Crippen LogP contribution is 2.28. The van der Waals surface area contributed by atoms with Crippen molar-refractivity contribution in [2.45, 2.75) is 13.1 Å². The van der Waals surface area contributed by atoms with Gasteiger partial charge in [-0.25, -0.2) is 4.98 Å². The van der Waals surface area contributed by atoms with E-state index in [9.17, 15) is 4.79 Å². The van der Waals surface area contributed by atoms with Gasteiger partial charge in [0.15, 0.2) is 0 Å². The molecule has 1 amide bonds. The van der Waals surface area contributed by atoms with Crippen LogP contribution in [0.25, 0.3) is 21.8 Å². The lowest BCUT2D eigenvalue weighted by molar-refractivity contribution is 0.0707. The normalized spacial score (nSPS) is 13.7. The predicted molar refractivity (Wildman–Crippen MR) is 105 cm³/mol. The van der Waals surface area contributed by atoms with Crippen LogP contribution >= 0.6 is 0 Å². The Balaban J connectivity index is 1.46. The Morgan fingerprint density at radius 2 is 1.89 bits per heavy atom. The number of amides is 1. The third-order valence-electron chi connectivity index (χ3n) is 5.25. The molecule has 5 rings (SSSR count). The topological polar surface area (TPSA) is 47.4 Å². The minimum absolute atomic E-state index is 0.0187. The molecule has 1 aliphatic heterocycles. The van der Waals surface area contributed by atoms with E-state index < -0.39 is 0 Å². The fraction of sp³-hybridized carbons (Fsp3) is 0.182. The molecular weight excluding hydrogens is 338 g/mol. The Morgan fingerprint density at radius 3 is 2.78 bits per heavy atom. The van der Waals surface area contributed by atoms with Crippen LogP contribution in [0.15, 0.2) is 60.7 Å². The molecule has 0 N–H and O–H groups in total. The minimum atomic E-state index is -0.0187. The summed E-state index contributed by atoms with van der Waals surface area (Å²) in [6.07, 6.45) is 0. The molecule has 0 atom stereocenters. The Labute approximate surface area is 156 Å². The first-order valence-electron chi connectivity index (χ1n) is 9.04. The average Bonchev–Trinajstić information content (AvgIpc) is 3.09. The minimum Gasteiger partial charge on any atom is -0.497 e. The van der Waals surface area contributed by atoms with Crippen LogP contribution in [0.2, 0.25) is 0 Å². The van der Waals surface area contributed by atoms with Crippen molar-refractivity contribution in [1.29, 1.82) is 0 Å². The van der Waals surface area contributed by atoms with Gasteiger partial charge >= 0.3 is 0 Å². The molecular formula is C22H19N3O2. The average molecular weight is 357 g/mol. The molecule has 0 saturated carbocycles. The maximum absolute atomic E-state index is 13.0. The summed E-state index contributed by atoms with van der Waals surface area (Å²) in [5.74, 6) is 0.827. The third kappa shape index (κ3) is 2.63. The number of carbonyl (C=O) groups is 1. The number of nitrogens with zero attached hydrogens (tertiary/aromatic N) is 3. The number of benzene rings is 2. The fourth-order valence-corrected chi connectivity index (χ4v) is 3.84. The van der Waals surface area contributed by atoms with Crippen molar-refractivity contribution in [3.05, 3.63) is 72.1 Å². The first kappa shape index (κ1) is 15.9. The molecule has 0 radical (unpaired) electrons. The Morgan fingerprint density at radius 1 is 1.00 bits per heavy atom. The first-order valence-corrected chi connectivity index (χ1v) is 9.04. The van der Waals surface area contributed by atoms with Gasteiger partial charge in [-0.05, 0) is 36.4 Å². The van der Waals surface area contributed by atoms with Crippen LogP contribution in [-0.4, -0.2) is 34.0 Å². The van der Waals surface area contributed by atoms with Crippen LogP contribution in [0.1, 0.15) is 16.2 Å². The van der Waals surface area contributed by atoms with Crippen molar-refractivity contribution in [2.24, 2.45) is 0 Å². The second-order valence-corrected chi connectivity index (χ2v) is 6.83. The summed E-state index contributed by atoms with van der Waals surface area (Å²) in [6, 6.07) is 19.9. The number of aromatic nitrogens is 2. The van der Waals surface area contributed by atoms with Gasteiger partial charge in [0.1, 0.15) is 11.4 Å². The lowest BCUT2D eigenvalue weighted by Crippen LogP contribution is -2.38. The standard InChI is InChI=1S/C22H19N3O2/c1-27-18-7-9-21-16(13-18)12-17-14-24(10-11-25(17)21)22(26)20-8-6-15-4-2-3-5-19(15)23-20/h2-9,12-13H,10-11,14H2,1H3. The van der Waals surface area contributed by atoms with E-state index in [1.807, 2.05) is 53.4 Å². The summed E-state index contributed by atoms with van der Waals surface area (Å²) < 4.78 is 7.61. The molecule has 0 spiro atoms. The number of pyridine rings is 1. The van der Waals surface area contributed by atoms with E-state index in [0.29, 0.717) is 18.8 Å². The van der Waals surface area contributed by atoms with Gasteiger partial charge < -0.3 is 14.2 Å². The highest BCUT2D eigenvalue weighted by molar-refractivity contribution is 5.95. The number of methoxy groups -OCH3 is 1. The van der Waals surface area contributed by atoms with Gasteiger partial charge in [0, 0.05) is 35.1 Å². The van der Waals surface area contributed by atoms with Crippen molar-refractivity contribution in [1.82, 2.24) is 14.5 Å². The maximum atomic E-state index is 13.0. The number of hydrogen-bond donors (Lipinski definition) is 0. The zero-order valence-corrected chi connectivity index (χ0v) is 15.1. The van der Waals surface area contributed by atoms with Crippen molar-refractivity contribution in [2.75, 3.05) is 13.7 Å². The maximum Gasteiger partial charge on any atom is 0.272 e. The van der Waals surface area contributed by atoms with Crippen LogP contribution in [0.5, 0.6) is 5.75 Å². The number of para-hydroxylation sites is 1. The molecule has 5 nitrogen and oxygen atoms in total. The molecule has 0 fully saturated rings. The molecule has 134 valence electrons. The van der Waals surface area contributed by atoms with E-state index in [1.165, 1.54) is 5.52 Å². The van der Waals surface area contributed by atoms with Crippen molar-refractivity contribution < 1.29 is 9.53 Å². The van der Waals surface area contributed by atoms with Gasteiger partial charge in [0.05, 0.1) is 19.2 Å². The van der Waals surface area contributed by atoms with Crippen LogP contribution in [0, 0.1) is 0 Å². The lowest BCUT2D eigenvalue weighted by atomic mass is 10.2. The zero-order valence-electron chi connectivity index (χ0n) is 15.1. The van der Waals surface area contributed by atoms with E-state index in [2.05, 4.69) is 21.7 Å². The zero-order chi connectivity index (χ0) is 18.4. The number of ether oxygens (including phenoxy) is 1. The molecule has 27 heavy (non-hydrogen) atoms. The highest BCUT2D eigenvalue weighted by atomic mass is 16.5. The smallest absolute Gasteiger partial charge is 0.272 e. The van der Waals surface area contributed by atoms with Gasteiger partial charge in [-0.2, -0.15) is 0 Å². The van der Waals surface area contributed by atoms with E-state index in [0.717, 1.165) is 34.3 Å². The summed E-state index contributed by atoms with van der Waals surface area (Å²) in [7, 11) is 1.67. The quantitative estimate of drug-likeness (QED) is 0.547. The molecule has 0 bridgehead atoms. The Hall–Kier alpha value is -3.34. The number of carbonyl (C=O) groups excluding carboxylic acids is 1. The van der Waals surface area contributed by atoms with Gasteiger partial charge in [0.25, 0.3) is 5.91 Å². The fourth-order valence-electron chi connectivity index (χ4n) is 3.84. The largest absolute Gasteiger partial charge is 0.497 e. The summed E-state index contributed by atoms with van der Waals surface area (Å²) in [5.41, 5.74) is 3.67. The van der Waals surface area contributed by atoms with Crippen LogP contribution in [0.4, 0.5) is 0 Å². The second-order valence-electron chi connectivity index (χ2n) is 6.83. The van der Waals surface area contributed by atoms with Crippen molar-refractivity contribution in [3.63, 3.8) is 0 Å². The van der Waals surface area contributed by atoms with E-state index in [1.54, 1.807) is 7.11 Å². The summed E-state index contributed by atoms with van der Waals surface area (Å²) in [5, 5.41) is 2.18. The summed E-state index contributed by atoms with van der Waals surface area (Å²) in [6.45, 7) is 2.05. The molecule has 0 unspecified atom stereocenters. The molecule has 5 heteroatoms. The first-order chi connectivity index (χ1) is 13.2. The Kier molecular flexibility index (Phi) is 3.60. The monoisotopic (exact) mass is 357 g/mol. The molecule has 3 heterocycles. The predicted octanol–water partition coefficient (Wildman–Crippen LogP) is 3.85. The summed E-state index contributed by atoms with van der Waals surface area (Å²) in [4.78, 5) is 19.4. The number of rotatable bonds is 2. The molecule has 0 saturated heterocycles. The lowest BCUT2D eigenvalue weighted by Gasteiger charge is -2.28. The summed E-state index contributed by atoms with van der Waals surface area (Å²) >= 11 is 0. The number of hydrogen-bond acceptors (Lipinski definition) is 3. The van der Waals surface area contributed by atoms with E-state index in [4.69, 9.17) is 4.74 Å². The van der Waals surface area contributed by atoms with Crippen molar-refractivity contribution >= 4 is 27.7 Å². The van der Waals surface area contributed by atoms with Gasteiger partial charge in [-0.1, -0.05) is 24.3 Å². The number of fused-ring (bicyclic) bond motifs is 4. The van der Waals surface area contributed by atoms with Gasteiger partial charge in [0.2, 0.25) is 0 Å². The second kappa shape index (κ2) is 6.13. The molecule has 2 aromatic carbocycles. The van der Waals surface area contributed by atoms with E-state index in [-0.39, 0.29) is 5.91 Å². The van der Waals surface area contributed by atoms with E-state index >= 15 is 0 Å². The van der Waals surface area contributed by atoms with Crippen LogP contribution < -0.4 is 4.74 Å². The highest BCUT2D eigenvalue weighted by Gasteiger charge is 2.24. The Bertz CT molecular complexity index is 1180. The van der Waals surface area contributed by atoms with Crippen molar-refractivity contribution in [3.8, 4) is 5.75 Å². The SMILES string of the molecule is COc1ccc2c(c1)cc1n2CCN(C(=O)c2ccc3ccccc3n2)C1. The van der Waals surface area contributed by atoms with Gasteiger partial charge in [-0.3, -0.25) is 4.79 Å². The van der Waals surface area contributed by atoms with Crippen LogP contribution in [-0.2, 0) is 13.1 Å². The third-order valence-corrected chi connectivity index (χ3v) is 5.25. The van der Waals surface area contributed by atoms with Crippen LogP contribution in [0.3, 0.4) is 0 Å².